The number of nitrogens with two attached hydrogens (primary N) is 2. The second kappa shape index (κ2) is 28.3. The molecule has 0 spiro atoms. The van der Waals surface area contributed by atoms with E-state index >= 15 is 0 Å². The number of benzene rings is 3. The summed E-state index contributed by atoms with van der Waals surface area (Å²) in [6, 6.07) is 7.13. The lowest BCUT2D eigenvalue weighted by atomic mass is 9.72. The molecule has 9 amide bonds. The van der Waals surface area contributed by atoms with E-state index in [0.717, 1.165) is 4.90 Å². The number of rotatable bonds is 23. The Balaban J connectivity index is 0.813. The van der Waals surface area contributed by atoms with E-state index in [0.29, 0.717) is 38.0 Å². The van der Waals surface area contributed by atoms with Crippen molar-refractivity contribution in [3.63, 3.8) is 0 Å². The average Bonchev–Trinajstić information content (AvgIpc) is 1.26. The van der Waals surface area contributed by atoms with Crippen molar-refractivity contribution in [2.75, 3.05) is 71.5 Å². The number of ether oxygens (including phenoxy) is 7. The van der Waals surface area contributed by atoms with Crippen LogP contribution in [0.4, 0.5) is 15.3 Å². The molecule has 7 aliphatic rings. The molecular formula is C64H79N9O20. The molecule has 3 aromatic carbocycles. The van der Waals surface area contributed by atoms with Crippen LogP contribution < -0.4 is 31.7 Å². The first-order chi connectivity index (χ1) is 44.4. The number of carbonyl (C=O) groups excluding carboxylic acids is 10. The molecule has 29 heteroatoms. The van der Waals surface area contributed by atoms with E-state index in [-0.39, 0.29) is 111 Å². The lowest BCUT2D eigenvalue weighted by molar-refractivity contribution is -0.256. The molecule has 0 aromatic heterocycles. The summed E-state index contributed by atoms with van der Waals surface area (Å²) in [5.74, 6) is -6.99. The predicted molar refractivity (Wildman–Crippen MR) is 325 cm³/mol. The number of ketones is 2. The first kappa shape index (κ1) is 67.3. The normalized spacial score (nSPS) is 24.7. The number of imide groups is 1. The third-order valence-electron chi connectivity index (χ3n) is 18.2. The smallest absolute Gasteiger partial charge is 0.410 e. The second-order valence-electron chi connectivity index (χ2n) is 24.5. The highest BCUT2D eigenvalue weighted by Gasteiger charge is 2.56. The first-order valence-electron chi connectivity index (χ1n) is 31.2. The molecule has 93 heavy (non-hydrogen) atoms. The lowest BCUT2D eigenvalue weighted by Crippen LogP contribution is -2.59. The van der Waals surface area contributed by atoms with Crippen molar-refractivity contribution in [2.24, 2.45) is 17.4 Å². The number of carbonyl (C=O) groups is 10. The monoisotopic (exact) mass is 1290 g/mol. The van der Waals surface area contributed by atoms with E-state index in [4.69, 9.17) is 44.6 Å². The number of unbranched alkanes of at least 4 members (excludes halogenated alkanes) is 2. The average molecular weight is 1290 g/mol. The van der Waals surface area contributed by atoms with Gasteiger partial charge in [-0.25, -0.2) is 9.59 Å². The van der Waals surface area contributed by atoms with Gasteiger partial charge in [0, 0.05) is 119 Å². The zero-order chi connectivity index (χ0) is 66.7. The third-order valence-corrected chi connectivity index (χ3v) is 18.2. The van der Waals surface area contributed by atoms with E-state index in [1.807, 2.05) is 0 Å². The van der Waals surface area contributed by atoms with Gasteiger partial charge >= 0.3 is 12.1 Å². The van der Waals surface area contributed by atoms with Gasteiger partial charge < -0.3 is 80.4 Å². The van der Waals surface area contributed by atoms with Crippen LogP contribution in [-0.2, 0) is 70.2 Å². The van der Waals surface area contributed by atoms with E-state index < -0.39 is 155 Å². The molecule has 5 heterocycles. The van der Waals surface area contributed by atoms with Gasteiger partial charge in [0.1, 0.15) is 47.6 Å². The molecule has 4 fully saturated rings. The standard InChI is InChI=1S/C64H79N9O20/c1-33(2)51(68-43(74)14-7-6-8-22-72-44(75)19-20-45(72)76)58(82)73(39(57(65)81)12-10-21-67-62(66)84)36-17-15-35(16-18-36)32-90-63(85)70-25-23-69(24-26-70)61(83)64(86)30-38-48(55(80)50-49(53(38)78)52(77)37-11-9-13-41(87-4)47(37)54(50)79)42(31-64)92-46-29-40-56(34(3)91-46)93-59-60(88-5)89-28-27-71(40)59/h9,11,13,15-20,33-34,39-40,42,46,51,56,59-60,78,80,86H,6-8,10,12,14,21-32H2,1-5H3,(H2,65,81)(H,68,74)(H3,66,67,84)/t34-,39-,40-,42-,46-,51-,56+,59+,60-,64-/m0/s1. The topological polar surface area (TPSA) is 388 Å². The Morgan fingerprint density at radius 3 is 2.20 bits per heavy atom. The van der Waals surface area contributed by atoms with E-state index in [2.05, 4.69) is 15.5 Å². The molecule has 0 radical (unpaired) electrons. The highest BCUT2D eigenvalue weighted by molar-refractivity contribution is 6.31. The fraction of sp³-hybridized carbons (Fsp3) is 0.531. The van der Waals surface area contributed by atoms with Crippen LogP contribution >= 0.6 is 0 Å². The fourth-order valence-electron chi connectivity index (χ4n) is 13.5. The minimum absolute atomic E-state index is 0.00898. The molecule has 2 aliphatic carbocycles. The molecular weight excluding hydrogens is 1210 g/mol. The number of piperazine rings is 1. The van der Waals surface area contributed by atoms with Crippen LogP contribution in [0.1, 0.15) is 127 Å². The Labute approximate surface area is 535 Å². The highest BCUT2D eigenvalue weighted by Crippen LogP contribution is 2.53. The molecule has 3 aromatic rings. The van der Waals surface area contributed by atoms with Gasteiger partial charge in [-0.3, -0.25) is 53.1 Å². The van der Waals surface area contributed by atoms with Crippen LogP contribution in [0, 0.1) is 5.92 Å². The van der Waals surface area contributed by atoms with Gasteiger partial charge in [-0.2, -0.15) is 0 Å². The Morgan fingerprint density at radius 2 is 1.54 bits per heavy atom. The van der Waals surface area contributed by atoms with E-state index in [1.54, 1.807) is 32.9 Å². The van der Waals surface area contributed by atoms with Crippen molar-refractivity contribution in [3.05, 3.63) is 93.6 Å². The molecule has 9 N–H and O–H groups in total. The number of hydrogen-bond acceptors (Lipinski definition) is 21. The highest BCUT2D eigenvalue weighted by atomic mass is 16.7. The van der Waals surface area contributed by atoms with Gasteiger partial charge in [0.05, 0.1) is 42.6 Å². The van der Waals surface area contributed by atoms with Gasteiger partial charge in [-0.1, -0.05) is 44.5 Å². The molecule has 5 aliphatic heterocycles. The first-order valence-corrected chi connectivity index (χ1v) is 31.2. The minimum atomic E-state index is -2.36. The summed E-state index contributed by atoms with van der Waals surface area (Å²) >= 11 is 0. The zero-order valence-corrected chi connectivity index (χ0v) is 52.4. The summed E-state index contributed by atoms with van der Waals surface area (Å²) in [5.41, 5.74) is 8.00. The van der Waals surface area contributed by atoms with E-state index in [1.165, 1.54) is 71.4 Å². The summed E-state index contributed by atoms with van der Waals surface area (Å²) in [4.78, 5) is 141. The number of aliphatic hydroxyl groups is 1. The van der Waals surface area contributed by atoms with Crippen molar-refractivity contribution < 1.29 is 96.4 Å². The molecule has 10 atom stereocenters. The Hall–Kier alpha value is -8.58. The number of anilines is 1. The SMILES string of the molecule is COc1cccc2c1C(=O)c1c(O)c3c(c(O)c1C2=O)C[C@@](O)(C(=O)N1CCN(C(=O)OCc2ccc(N(C(=O)[C@@H](NC(=O)CCCCCN4C(=O)C=CC4=O)C(C)C)[C@@H](CCCNC(N)=O)C(N)=O)cc2)CC1)C[C@@H]3O[C@H]1C[C@H]2[C@H](O[C@@H]3[C@@H](OC)OCCN32)[C@H](C)O1. The number of methoxy groups -OCH3 is 2. The molecule has 4 saturated heterocycles. The number of primary amides is 2. The number of phenols is 2. The number of nitrogens with one attached hydrogen (secondary N) is 2. The predicted octanol–water partition coefficient (Wildman–Crippen LogP) is 1.89. The Morgan fingerprint density at radius 1 is 0.839 bits per heavy atom. The number of nitrogens with zero attached hydrogens (tertiary/aromatic N) is 5. The van der Waals surface area contributed by atoms with Crippen molar-refractivity contribution in [3.8, 4) is 17.2 Å². The van der Waals surface area contributed by atoms with Crippen LogP contribution in [-0.4, -0.2) is 215 Å². The zero-order valence-electron chi connectivity index (χ0n) is 52.4. The van der Waals surface area contributed by atoms with Crippen molar-refractivity contribution in [1.29, 1.82) is 0 Å². The molecule has 10 rings (SSSR count). The van der Waals surface area contributed by atoms with Gasteiger partial charge in [0.25, 0.3) is 23.6 Å². The van der Waals surface area contributed by atoms with Crippen LogP contribution in [0.25, 0.3) is 0 Å². The molecule has 0 unspecified atom stereocenters. The summed E-state index contributed by atoms with van der Waals surface area (Å²) in [6.07, 6.45) is -2.38. The maximum absolute atomic E-state index is 14.9. The quantitative estimate of drug-likeness (QED) is 0.0317. The van der Waals surface area contributed by atoms with Crippen molar-refractivity contribution in [1.82, 2.24) is 30.2 Å². The van der Waals surface area contributed by atoms with Crippen LogP contribution in [0.2, 0.25) is 0 Å². The Bertz CT molecular complexity index is 3450. The number of hydrogen-bond donors (Lipinski definition) is 7. The maximum atomic E-state index is 14.9. The number of aromatic hydroxyl groups is 2. The largest absolute Gasteiger partial charge is 0.507 e. The molecule has 500 valence electrons. The second-order valence-corrected chi connectivity index (χ2v) is 24.5. The van der Waals surface area contributed by atoms with Gasteiger partial charge in [0.15, 0.2) is 24.6 Å². The van der Waals surface area contributed by atoms with E-state index in [9.17, 15) is 63.3 Å². The fourth-order valence-corrected chi connectivity index (χ4v) is 13.5. The number of fused-ring (bicyclic) bond motifs is 6. The number of amides is 9. The van der Waals surface area contributed by atoms with Crippen LogP contribution in [0.5, 0.6) is 17.2 Å². The number of morpholine rings is 1. The number of urea groups is 1. The third kappa shape index (κ3) is 13.8. The minimum Gasteiger partial charge on any atom is -0.507 e. The molecule has 0 saturated carbocycles. The maximum Gasteiger partial charge on any atom is 0.410 e. The summed E-state index contributed by atoms with van der Waals surface area (Å²) in [6.45, 7) is 5.85. The summed E-state index contributed by atoms with van der Waals surface area (Å²) in [5, 5.41) is 42.5. The number of phenolic OH excluding ortho intramolecular Hbond substituents is 2. The Kier molecular flexibility index (Phi) is 20.5. The van der Waals surface area contributed by atoms with Crippen molar-refractivity contribution >= 4 is 64.8 Å². The van der Waals surface area contributed by atoms with Crippen molar-refractivity contribution in [2.45, 2.75) is 146 Å². The lowest BCUT2D eigenvalue weighted by Gasteiger charge is -2.45. The van der Waals surface area contributed by atoms with Crippen LogP contribution in [0.15, 0.2) is 54.6 Å². The van der Waals surface area contributed by atoms with Gasteiger partial charge in [-0.15, -0.1) is 0 Å². The molecule has 29 nitrogen and oxygen atoms in total. The van der Waals surface area contributed by atoms with Gasteiger partial charge in [0.2, 0.25) is 17.6 Å². The molecule has 0 bridgehead atoms. The van der Waals surface area contributed by atoms with Gasteiger partial charge in [-0.05, 0) is 62.3 Å². The van der Waals surface area contributed by atoms with Crippen LogP contribution in [0.3, 0.4) is 0 Å². The summed E-state index contributed by atoms with van der Waals surface area (Å²) in [7, 11) is 2.84. The summed E-state index contributed by atoms with van der Waals surface area (Å²) < 4.78 is 42.0.